The summed E-state index contributed by atoms with van der Waals surface area (Å²) < 4.78 is 0. The molecule has 5 heteroatoms. The van der Waals surface area contributed by atoms with Gasteiger partial charge in [0.15, 0.2) is 0 Å². The molecule has 0 aliphatic heterocycles. The molecule has 0 bridgehead atoms. The summed E-state index contributed by atoms with van der Waals surface area (Å²) >= 11 is 0. The second-order valence-electron chi connectivity index (χ2n) is 5.07. The van der Waals surface area contributed by atoms with Crippen molar-refractivity contribution in [1.29, 1.82) is 0 Å². The molecule has 2 amide bonds. The fourth-order valence-corrected chi connectivity index (χ4v) is 2.47. The molecule has 0 saturated heterocycles. The van der Waals surface area contributed by atoms with E-state index in [1.807, 2.05) is 0 Å². The van der Waals surface area contributed by atoms with Crippen LogP contribution in [0.5, 0.6) is 0 Å². The number of carbonyl (C=O) groups excluding carboxylic acids is 2. The number of amides is 2. The molecule has 5 nitrogen and oxygen atoms in total. The lowest BCUT2D eigenvalue weighted by atomic mass is 9.89. The Hall–Kier alpha value is -1.36. The van der Waals surface area contributed by atoms with E-state index in [1.54, 1.807) is 11.0 Å². The Kier molecular flexibility index (Phi) is 7.18. The van der Waals surface area contributed by atoms with Crippen LogP contribution in [0.4, 0.5) is 0 Å². The lowest BCUT2D eigenvalue weighted by Gasteiger charge is -2.29. The molecular weight excluding hydrogens is 242 g/mol. The molecule has 3 N–H and O–H groups in total. The van der Waals surface area contributed by atoms with E-state index >= 15 is 0 Å². The molecule has 0 aromatic heterocycles. The zero-order valence-electron chi connectivity index (χ0n) is 11.6. The number of carbonyl (C=O) groups is 2. The molecule has 0 unspecified atom stereocenters. The fourth-order valence-electron chi connectivity index (χ4n) is 2.47. The van der Waals surface area contributed by atoms with E-state index < -0.39 is 0 Å². The lowest BCUT2D eigenvalue weighted by Crippen LogP contribution is -2.43. The summed E-state index contributed by atoms with van der Waals surface area (Å²) in [7, 11) is 0. The van der Waals surface area contributed by atoms with Gasteiger partial charge in [0.2, 0.25) is 11.8 Å². The maximum atomic E-state index is 12.0. The predicted molar refractivity (Wildman–Crippen MR) is 75.4 cm³/mol. The number of hydrogen-bond donors (Lipinski definition) is 2. The van der Waals surface area contributed by atoms with Gasteiger partial charge in [-0.2, -0.15) is 0 Å². The predicted octanol–water partition coefficient (Wildman–Crippen LogP) is 0.656. The molecule has 108 valence electrons. The van der Waals surface area contributed by atoms with Crippen molar-refractivity contribution in [3.63, 3.8) is 0 Å². The second-order valence-corrected chi connectivity index (χ2v) is 5.07. The van der Waals surface area contributed by atoms with Crippen LogP contribution in [0.25, 0.3) is 0 Å². The third-order valence-corrected chi connectivity index (χ3v) is 3.53. The van der Waals surface area contributed by atoms with E-state index in [0.29, 0.717) is 12.5 Å². The number of nitrogens with one attached hydrogen (secondary N) is 1. The molecule has 0 radical (unpaired) electrons. The maximum absolute atomic E-state index is 12.0. The summed E-state index contributed by atoms with van der Waals surface area (Å²) in [5, 5.41) is 2.52. The van der Waals surface area contributed by atoms with Crippen LogP contribution < -0.4 is 11.1 Å². The minimum atomic E-state index is -0.301. The van der Waals surface area contributed by atoms with Gasteiger partial charge in [0, 0.05) is 13.1 Å². The van der Waals surface area contributed by atoms with E-state index in [-0.39, 0.29) is 24.9 Å². The average Bonchev–Trinajstić information content (AvgIpc) is 2.45. The number of hydrogen-bond acceptors (Lipinski definition) is 3. The quantitative estimate of drug-likeness (QED) is 0.665. The molecule has 1 rings (SSSR count). The van der Waals surface area contributed by atoms with Crippen molar-refractivity contribution in [1.82, 2.24) is 10.2 Å². The molecule has 0 aromatic carbocycles. The van der Waals surface area contributed by atoms with Gasteiger partial charge in [-0.1, -0.05) is 25.3 Å². The monoisotopic (exact) mass is 267 g/mol. The van der Waals surface area contributed by atoms with Gasteiger partial charge in [-0.3, -0.25) is 9.59 Å². The van der Waals surface area contributed by atoms with Crippen LogP contribution in [-0.4, -0.2) is 42.9 Å². The third kappa shape index (κ3) is 5.87. The van der Waals surface area contributed by atoms with Crippen LogP contribution in [0.15, 0.2) is 12.7 Å². The van der Waals surface area contributed by atoms with E-state index in [9.17, 15) is 9.59 Å². The van der Waals surface area contributed by atoms with Crippen molar-refractivity contribution in [2.75, 3.05) is 26.2 Å². The summed E-state index contributed by atoms with van der Waals surface area (Å²) in [6, 6.07) is 0. The zero-order valence-corrected chi connectivity index (χ0v) is 11.6. The molecule has 19 heavy (non-hydrogen) atoms. The van der Waals surface area contributed by atoms with Gasteiger partial charge < -0.3 is 16.0 Å². The van der Waals surface area contributed by atoms with Crippen molar-refractivity contribution < 1.29 is 9.59 Å². The highest BCUT2D eigenvalue weighted by atomic mass is 16.2. The molecular formula is C14H25N3O2. The van der Waals surface area contributed by atoms with Crippen LogP contribution >= 0.6 is 0 Å². The molecule has 0 aromatic rings. The van der Waals surface area contributed by atoms with Crippen molar-refractivity contribution in [3.05, 3.63) is 12.7 Å². The van der Waals surface area contributed by atoms with Crippen LogP contribution in [0.1, 0.15) is 32.1 Å². The van der Waals surface area contributed by atoms with E-state index in [1.165, 1.54) is 32.1 Å². The topological polar surface area (TPSA) is 75.4 Å². The summed E-state index contributed by atoms with van der Waals surface area (Å²) in [5.74, 6) is 0.222. The second kappa shape index (κ2) is 8.69. The van der Waals surface area contributed by atoms with Crippen LogP contribution in [-0.2, 0) is 9.59 Å². The highest BCUT2D eigenvalue weighted by molar-refractivity contribution is 5.85. The first-order valence-corrected chi connectivity index (χ1v) is 7.02. The van der Waals surface area contributed by atoms with Crippen LogP contribution in [0, 0.1) is 5.92 Å². The minimum Gasteiger partial charge on any atom is -0.346 e. The summed E-state index contributed by atoms with van der Waals surface area (Å²) in [5.41, 5.74) is 5.19. The molecule has 1 aliphatic rings. The number of nitrogens with zero attached hydrogens (tertiary/aromatic N) is 1. The van der Waals surface area contributed by atoms with Crippen LogP contribution in [0.3, 0.4) is 0 Å². The Morgan fingerprint density at radius 2 is 2.00 bits per heavy atom. The smallest absolute Gasteiger partial charge is 0.242 e. The van der Waals surface area contributed by atoms with Gasteiger partial charge in [-0.15, -0.1) is 6.58 Å². The average molecular weight is 267 g/mol. The normalized spacial score (nSPS) is 15.8. The van der Waals surface area contributed by atoms with Crippen molar-refractivity contribution in [2.45, 2.75) is 32.1 Å². The Labute approximate surface area is 115 Å². The SMILES string of the molecule is C=CCN(CC1CCCCC1)C(=O)CNC(=O)CN. The molecule has 1 saturated carbocycles. The van der Waals surface area contributed by atoms with Crippen molar-refractivity contribution in [3.8, 4) is 0 Å². The Morgan fingerprint density at radius 1 is 1.32 bits per heavy atom. The van der Waals surface area contributed by atoms with Gasteiger partial charge in [0.1, 0.15) is 0 Å². The first-order chi connectivity index (χ1) is 9.17. The highest BCUT2D eigenvalue weighted by Crippen LogP contribution is 2.24. The van der Waals surface area contributed by atoms with E-state index in [0.717, 1.165) is 6.54 Å². The summed E-state index contributed by atoms with van der Waals surface area (Å²) in [6.07, 6.45) is 7.92. The van der Waals surface area contributed by atoms with Crippen molar-refractivity contribution >= 4 is 11.8 Å². The molecule has 0 atom stereocenters. The third-order valence-electron chi connectivity index (χ3n) is 3.53. The largest absolute Gasteiger partial charge is 0.346 e. The van der Waals surface area contributed by atoms with Gasteiger partial charge in [-0.05, 0) is 18.8 Å². The van der Waals surface area contributed by atoms with Gasteiger partial charge in [0.25, 0.3) is 0 Å². The maximum Gasteiger partial charge on any atom is 0.242 e. The van der Waals surface area contributed by atoms with Crippen LogP contribution in [0.2, 0.25) is 0 Å². The Morgan fingerprint density at radius 3 is 2.58 bits per heavy atom. The molecule has 1 fully saturated rings. The first-order valence-electron chi connectivity index (χ1n) is 7.02. The number of rotatable bonds is 7. The number of nitrogens with two attached hydrogens (primary N) is 1. The fraction of sp³-hybridized carbons (Fsp3) is 0.714. The highest BCUT2D eigenvalue weighted by Gasteiger charge is 2.20. The zero-order chi connectivity index (χ0) is 14.1. The molecule has 1 aliphatic carbocycles. The van der Waals surface area contributed by atoms with Crippen molar-refractivity contribution in [2.24, 2.45) is 11.7 Å². The molecule has 0 spiro atoms. The Bertz CT molecular complexity index is 312. The van der Waals surface area contributed by atoms with Gasteiger partial charge in [0.05, 0.1) is 13.1 Å². The Balaban J connectivity index is 2.42. The minimum absolute atomic E-state index is 0.0244. The standard InChI is InChI=1S/C14H25N3O2/c1-2-8-17(11-12-6-4-3-5-7-12)14(19)10-16-13(18)9-15/h2,12H,1,3-11,15H2,(H,16,18). The van der Waals surface area contributed by atoms with E-state index in [2.05, 4.69) is 11.9 Å². The van der Waals surface area contributed by atoms with Gasteiger partial charge in [-0.25, -0.2) is 0 Å². The summed E-state index contributed by atoms with van der Waals surface area (Å²) in [4.78, 5) is 24.9. The first kappa shape index (κ1) is 15.7. The van der Waals surface area contributed by atoms with E-state index in [4.69, 9.17) is 5.73 Å². The lowest BCUT2D eigenvalue weighted by molar-refractivity contribution is -0.132. The molecule has 0 heterocycles. The van der Waals surface area contributed by atoms with Gasteiger partial charge >= 0.3 is 0 Å². The summed E-state index contributed by atoms with van der Waals surface area (Å²) in [6.45, 7) is 4.93.